The quantitative estimate of drug-likeness (QED) is 0.521. The molecular formula is C26H32F3N3O2. The fourth-order valence-electron chi connectivity index (χ4n) is 5.48. The van der Waals surface area contributed by atoms with Gasteiger partial charge in [-0.3, -0.25) is 9.69 Å². The van der Waals surface area contributed by atoms with Gasteiger partial charge in [-0.15, -0.1) is 0 Å². The number of hydrogen-bond acceptors (Lipinski definition) is 3. The first-order valence-corrected chi connectivity index (χ1v) is 11.7. The normalized spacial score (nSPS) is 16.8. The second-order valence-corrected chi connectivity index (χ2v) is 9.43. The van der Waals surface area contributed by atoms with Gasteiger partial charge in [0, 0.05) is 34.8 Å². The van der Waals surface area contributed by atoms with E-state index in [0.29, 0.717) is 30.8 Å². The number of benzene rings is 1. The van der Waals surface area contributed by atoms with Crippen LogP contribution in [0.1, 0.15) is 48.3 Å². The minimum Gasteiger partial charge on any atom is -0.496 e. The first kappa shape index (κ1) is 24.4. The van der Waals surface area contributed by atoms with Crippen molar-refractivity contribution in [2.24, 2.45) is 5.92 Å². The molecule has 3 aromatic rings. The molecule has 0 bridgehead atoms. The molecule has 2 aromatic heterocycles. The number of para-hydroxylation sites is 1. The Balaban J connectivity index is 1.66. The average Bonchev–Trinajstić information content (AvgIpc) is 3.05. The maximum atomic E-state index is 12.8. The van der Waals surface area contributed by atoms with E-state index in [1.807, 2.05) is 25.1 Å². The number of methoxy groups -OCH3 is 1. The second kappa shape index (κ2) is 9.49. The summed E-state index contributed by atoms with van der Waals surface area (Å²) in [5.74, 6) is 0.853. The van der Waals surface area contributed by atoms with Gasteiger partial charge in [0.15, 0.2) is 0 Å². The molecule has 34 heavy (non-hydrogen) atoms. The number of likely N-dealkylation sites (tertiary alicyclic amines) is 1. The van der Waals surface area contributed by atoms with Gasteiger partial charge in [-0.25, -0.2) is 0 Å². The van der Waals surface area contributed by atoms with Gasteiger partial charge in [-0.2, -0.15) is 13.2 Å². The van der Waals surface area contributed by atoms with Crippen LogP contribution in [0.4, 0.5) is 13.2 Å². The van der Waals surface area contributed by atoms with Crippen molar-refractivity contribution in [3.8, 4) is 5.75 Å². The maximum Gasteiger partial charge on any atom is 0.401 e. The Morgan fingerprint density at radius 2 is 1.82 bits per heavy atom. The lowest BCUT2D eigenvalue weighted by molar-refractivity contribution is -0.149. The maximum absolute atomic E-state index is 12.8. The molecule has 1 unspecified atom stereocenters. The highest BCUT2D eigenvalue weighted by atomic mass is 19.4. The van der Waals surface area contributed by atoms with E-state index >= 15 is 0 Å². The van der Waals surface area contributed by atoms with E-state index in [0.717, 1.165) is 40.7 Å². The number of nitrogens with one attached hydrogen (secondary N) is 1. The van der Waals surface area contributed by atoms with Crippen LogP contribution in [-0.4, -0.2) is 47.4 Å². The molecule has 1 N–H and O–H groups in total. The zero-order chi connectivity index (χ0) is 24.6. The minimum absolute atomic E-state index is 0.130. The van der Waals surface area contributed by atoms with Gasteiger partial charge in [-0.05, 0) is 70.3 Å². The number of rotatable bonds is 6. The lowest BCUT2D eigenvalue weighted by Crippen LogP contribution is -2.41. The lowest BCUT2D eigenvalue weighted by atomic mass is 9.90. The van der Waals surface area contributed by atoms with Crippen molar-refractivity contribution in [1.29, 1.82) is 0 Å². The zero-order valence-corrected chi connectivity index (χ0v) is 20.1. The van der Waals surface area contributed by atoms with Crippen LogP contribution in [0.25, 0.3) is 10.9 Å². The molecule has 0 aliphatic carbocycles. The van der Waals surface area contributed by atoms with Crippen LogP contribution in [-0.2, 0) is 6.42 Å². The third kappa shape index (κ3) is 4.87. The van der Waals surface area contributed by atoms with Crippen LogP contribution in [0.5, 0.6) is 5.75 Å². The average molecular weight is 476 g/mol. The molecule has 1 aliphatic heterocycles. The Kier molecular flexibility index (Phi) is 6.80. The number of fused-ring (bicyclic) bond motifs is 1. The SMILES string of the molecule is COc1cc(C)[nH]c(=O)c1Cc1c(C)n(C(C)C2CCN(CC(F)(F)F)CC2)c2ccccc12. The summed E-state index contributed by atoms with van der Waals surface area (Å²) in [6.45, 7) is 6.13. The number of pyridine rings is 1. The summed E-state index contributed by atoms with van der Waals surface area (Å²) in [7, 11) is 1.57. The van der Waals surface area contributed by atoms with Gasteiger partial charge >= 0.3 is 6.18 Å². The van der Waals surface area contributed by atoms with Crippen molar-refractivity contribution in [2.45, 2.75) is 52.3 Å². The summed E-state index contributed by atoms with van der Waals surface area (Å²) in [4.78, 5) is 17.1. The van der Waals surface area contributed by atoms with Crippen LogP contribution in [0.3, 0.4) is 0 Å². The molecule has 1 saturated heterocycles. The van der Waals surface area contributed by atoms with Crippen molar-refractivity contribution in [2.75, 3.05) is 26.7 Å². The predicted molar refractivity (Wildman–Crippen MR) is 128 cm³/mol. The monoisotopic (exact) mass is 475 g/mol. The first-order chi connectivity index (χ1) is 16.1. The number of alkyl halides is 3. The van der Waals surface area contributed by atoms with Gasteiger partial charge in [0.25, 0.3) is 5.56 Å². The van der Waals surface area contributed by atoms with Crippen molar-refractivity contribution in [3.05, 3.63) is 63.2 Å². The van der Waals surface area contributed by atoms with Gasteiger partial charge < -0.3 is 14.3 Å². The Morgan fingerprint density at radius 3 is 2.47 bits per heavy atom. The molecule has 1 aromatic carbocycles. The molecule has 8 heteroatoms. The summed E-state index contributed by atoms with van der Waals surface area (Å²) in [6.07, 6.45) is -2.27. The van der Waals surface area contributed by atoms with Gasteiger partial charge in [0.05, 0.1) is 19.2 Å². The Labute approximate surface area is 197 Å². The van der Waals surface area contributed by atoms with Crippen LogP contribution in [0, 0.1) is 19.8 Å². The van der Waals surface area contributed by atoms with Crippen LogP contribution >= 0.6 is 0 Å². The highest BCUT2D eigenvalue weighted by Gasteiger charge is 2.34. The number of ether oxygens (including phenoxy) is 1. The number of aromatic nitrogens is 2. The lowest BCUT2D eigenvalue weighted by Gasteiger charge is -2.36. The molecule has 1 fully saturated rings. The Hall–Kier alpha value is -2.74. The molecule has 0 saturated carbocycles. The van der Waals surface area contributed by atoms with Gasteiger partial charge in [0.1, 0.15) is 5.75 Å². The summed E-state index contributed by atoms with van der Waals surface area (Å²) >= 11 is 0. The molecule has 0 spiro atoms. The number of piperidine rings is 1. The summed E-state index contributed by atoms with van der Waals surface area (Å²) < 4.78 is 46.2. The molecule has 0 radical (unpaired) electrons. The molecule has 3 heterocycles. The molecule has 5 nitrogen and oxygen atoms in total. The number of aromatic amines is 1. The second-order valence-electron chi connectivity index (χ2n) is 9.43. The third-order valence-corrected chi connectivity index (χ3v) is 7.21. The van der Waals surface area contributed by atoms with Crippen LogP contribution < -0.4 is 10.3 Å². The number of hydrogen-bond donors (Lipinski definition) is 1. The fraction of sp³-hybridized carbons (Fsp3) is 0.500. The van der Waals surface area contributed by atoms with E-state index in [9.17, 15) is 18.0 Å². The molecule has 1 atom stereocenters. The van der Waals surface area contributed by atoms with Crippen molar-refractivity contribution < 1.29 is 17.9 Å². The van der Waals surface area contributed by atoms with Crippen LogP contribution in [0.2, 0.25) is 0 Å². The van der Waals surface area contributed by atoms with Crippen LogP contribution in [0.15, 0.2) is 35.1 Å². The van der Waals surface area contributed by atoms with Gasteiger partial charge in [0.2, 0.25) is 0 Å². The van der Waals surface area contributed by atoms with Gasteiger partial charge in [-0.1, -0.05) is 18.2 Å². The van der Waals surface area contributed by atoms with E-state index in [1.165, 1.54) is 4.90 Å². The van der Waals surface area contributed by atoms with E-state index in [-0.39, 0.29) is 17.5 Å². The minimum atomic E-state index is -4.16. The number of H-pyrrole nitrogens is 1. The standard InChI is InChI=1S/C26H32F3N3O2/c1-16-13-24(34-4)22(25(33)30-16)14-21-18(3)32(23-8-6-5-7-20(21)23)17(2)19-9-11-31(12-10-19)15-26(27,28)29/h5-8,13,17,19H,9-12,14-15H2,1-4H3,(H,30,33). The topological polar surface area (TPSA) is 50.3 Å². The largest absolute Gasteiger partial charge is 0.496 e. The smallest absolute Gasteiger partial charge is 0.401 e. The third-order valence-electron chi connectivity index (χ3n) is 7.21. The molecule has 4 rings (SSSR count). The van der Waals surface area contributed by atoms with E-state index in [1.54, 1.807) is 7.11 Å². The molecular weight excluding hydrogens is 443 g/mol. The number of nitrogens with zero attached hydrogens (tertiary/aromatic N) is 2. The molecule has 1 aliphatic rings. The highest BCUT2D eigenvalue weighted by Crippen LogP contribution is 2.37. The number of aryl methyl sites for hydroxylation is 1. The molecule has 184 valence electrons. The van der Waals surface area contributed by atoms with E-state index in [4.69, 9.17) is 4.74 Å². The zero-order valence-electron chi connectivity index (χ0n) is 20.1. The molecule has 0 amide bonds. The first-order valence-electron chi connectivity index (χ1n) is 11.7. The Bertz CT molecular complexity index is 1220. The summed E-state index contributed by atoms with van der Waals surface area (Å²) in [5.41, 5.74) is 4.42. The van der Waals surface area contributed by atoms with Crippen molar-refractivity contribution in [1.82, 2.24) is 14.5 Å². The fourth-order valence-corrected chi connectivity index (χ4v) is 5.48. The van der Waals surface area contributed by atoms with E-state index < -0.39 is 12.7 Å². The number of halogens is 3. The Morgan fingerprint density at radius 1 is 1.15 bits per heavy atom. The summed E-state index contributed by atoms with van der Waals surface area (Å²) in [5, 5.41) is 1.09. The summed E-state index contributed by atoms with van der Waals surface area (Å²) in [6, 6.07) is 10.1. The van der Waals surface area contributed by atoms with Crippen molar-refractivity contribution >= 4 is 10.9 Å². The highest BCUT2D eigenvalue weighted by molar-refractivity contribution is 5.86. The van der Waals surface area contributed by atoms with E-state index in [2.05, 4.69) is 35.5 Å². The van der Waals surface area contributed by atoms with Crippen molar-refractivity contribution in [3.63, 3.8) is 0 Å². The predicted octanol–water partition coefficient (Wildman–Crippen LogP) is 5.38.